The first-order valence-electron chi connectivity index (χ1n) is 8.95. The number of carbonyl (C=O) groups is 1. The summed E-state index contributed by atoms with van der Waals surface area (Å²) in [6, 6.07) is 5.78. The molecule has 26 heavy (non-hydrogen) atoms. The highest BCUT2D eigenvalue weighted by Gasteiger charge is 2.18. The van der Waals surface area contributed by atoms with Gasteiger partial charge in [-0.3, -0.25) is 4.79 Å². The predicted octanol–water partition coefficient (Wildman–Crippen LogP) is 4.36. The van der Waals surface area contributed by atoms with Crippen LogP contribution in [-0.2, 0) is 0 Å². The van der Waals surface area contributed by atoms with Crippen LogP contribution in [0.4, 0.5) is 10.8 Å². The second-order valence-corrected chi connectivity index (χ2v) is 7.25. The first-order chi connectivity index (χ1) is 12.7. The second-order valence-electron chi connectivity index (χ2n) is 6.39. The number of carbonyl (C=O) groups excluding carboxylic acids is 1. The van der Waals surface area contributed by atoms with Gasteiger partial charge >= 0.3 is 0 Å². The molecule has 1 amide bonds. The lowest BCUT2D eigenvalue weighted by atomic mass is 10.1. The number of nitrogens with one attached hydrogen (secondary N) is 2. The smallest absolute Gasteiger partial charge is 0.271 e. The number of benzene rings is 1. The molecule has 0 atom stereocenters. The number of ether oxygens (including phenoxy) is 2. The molecule has 1 saturated carbocycles. The van der Waals surface area contributed by atoms with Crippen LogP contribution in [-0.4, -0.2) is 31.2 Å². The summed E-state index contributed by atoms with van der Waals surface area (Å²) >= 11 is 1.40. The molecule has 6 nitrogen and oxygen atoms in total. The minimum Gasteiger partial charge on any atom is -0.497 e. The summed E-state index contributed by atoms with van der Waals surface area (Å²) in [4.78, 5) is 16.9. The van der Waals surface area contributed by atoms with E-state index in [-0.39, 0.29) is 11.9 Å². The molecule has 0 radical (unpaired) electrons. The number of thiazole rings is 1. The number of amides is 1. The quantitative estimate of drug-likeness (QED) is 0.734. The summed E-state index contributed by atoms with van der Waals surface area (Å²) in [5.41, 5.74) is 1.23. The van der Waals surface area contributed by atoms with Crippen LogP contribution in [0.15, 0.2) is 23.6 Å². The maximum absolute atomic E-state index is 12.5. The minimum absolute atomic E-state index is 0.0945. The van der Waals surface area contributed by atoms with Gasteiger partial charge in [-0.2, -0.15) is 0 Å². The minimum atomic E-state index is -0.0945. The number of hydrogen-bond donors (Lipinski definition) is 2. The zero-order valence-corrected chi connectivity index (χ0v) is 16.0. The lowest BCUT2D eigenvalue weighted by molar-refractivity contribution is 0.0929. The number of nitrogens with zero attached hydrogens (tertiary/aromatic N) is 1. The molecule has 140 valence electrons. The third kappa shape index (κ3) is 4.66. The van der Waals surface area contributed by atoms with Gasteiger partial charge in [-0.15, -0.1) is 11.3 Å². The lowest BCUT2D eigenvalue weighted by Gasteiger charge is -2.15. The van der Waals surface area contributed by atoms with Gasteiger partial charge < -0.3 is 20.1 Å². The van der Waals surface area contributed by atoms with Gasteiger partial charge in [0.1, 0.15) is 17.2 Å². The molecule has 0 unspecified atom stereocenters. The maximum Gasteiger partial charge on any atom is 0.271 e. The van der Waals surface area contributed by atoms with Crippen LogP contribution in [0, 0.1) is 0 Å². The summed E-state index contributed by atoms with van der Waals surface area (Å²) in [6.45, 7) is 0. The van der Waals surface area contributed by atoms with Crippen molar-refractivity contribution in [3.63, 3.8) is 0 Å². The molecular weight excluding hydrogens is 350 g/mol. The van der Waals surface area contributed by atoms with Crippen LogP contribution in [0.3, 0.4) is 0 Å². The topological polar surface area (TPSA) is 72.5 Å². The third-order valence-corrected chi connectivity index (χ3v) is 5.34. The number of aromatic nitrogens is 1. The van der Waals surface area contributed by atoms with Crippen molar-refractivity contribution in [1.82, 2.24) is 10.3 Å². The van der Waals surface area contributed by atoms with Crippen LogP contribution in [0.25, 0.3) is 0 Å². The van der Waals surface area contributed by atoms with E-state index in [2.05, 4.69) is 15.6 Å². The molecule has 1 aromatic heterocycles. The summed E-state index contributed by atoms with van der Waals surface area (Å²) in [5, 5.41) is 8.77. The van der Waals surface area contributed by atoms with Crippen LogP contribution < -0.4 is 20.1 Å². The Morgan fingerprint density at radius 1 is 1.15 bits per heavy atom. The van der Waals surface area contributed by atoms with E-state index in [1.165, 1.54) is 37.0 Å². The SMILES string of the molecule is COc1ccc(Nc2nc(C(=O)NC3CCCCCC3)cs2)c(OC)c1. The number of methoxy groups -OCH3 is 2. The van der Waals surface area contributed by atoms with Gasteiger partial charge in [0.2, 0.25) is 0 Å². The third-order valence-electron chi connectivity index (χ3n) is 4.58. The number of rotatable bonds is 6. The molecule has 0 bridgehead atoms. The molecule has 0 aliphatic heterocycles. The predicted molar refractivity (Wildman–Crippen MR) is 104 cm³/mol. The average molecular weight is 375 g/mol. The van der Waals surface area contributed by atoms with E-state index < -0.39 is 0 Å². The molecule has 1 fully saturated rings. The monoisotopic (exact) mass is 375 g/mol. The molecule has 1 aliphatic rings. The number of hydrogen-bond acceptors (Lipinski definition) is 6. The fourth-order valence-corrected chi connectivity index (χ4v) is 3.84. The molecule has 0 saturated heterocycles. The first kappa shape index (κ1) is 18.5. The Bertz CT molecular complexity index is 739. The summed E-state index contributed by atoms with van der Waals surface area (Å²) in [6.07, 6.45) is 7.02. The van der Waals surface area contributed by atoms with Crippen molar-refractivity contribution in [2.45, 2.75) is 44.6 Å². The van der Waals surface area contributed by atoms with Crippen LogP contribution >= 0.6 is 11.3 Å². The van der Waals surface area contributed by atoms with Crippen LogP contribution in [0.1, 0.15) is 49.0 Å². The highest BCUT2D eigenvalue weighted by molar-refractivity contribution is 7.14. The molecule has 3 rings (SSSR count). The Labute approximate surface area is 157 Å². The van der Waals surface area contributed by atoms with Gasteiger partial charge in [-0.1, -0.05) is 25.7 Å². The van der Waals surface area contributed by atoms with Crippen molar-refractivity contribution in [3.05, 3.63) is 29.3 Å². The highest BCUT2D eigenvalue weighted by Crippen LogP contribution is 2.32. The molecule has 0 spiro atoms. The molecule has 2 N–H and O–H groups in total. The standard InChI is InChI=1S/C19H25N3O3S/c1-24-14-9-10-15(17(11-14)25-2)21-19-22-16(12-26-19)18(23)20-13-7-5-3-4-6-8-13/h9-13H,3-8H2,1-2H3,(H,20,23)(H,21,22). The summed E-state index contributed by atoms with van der Waals surface area (Å²) < 4.78 is 10.6. The van der Waals surface area contributed by atoms with Crippen molar-refractivity contribution >= 4 is 28.1 Å². The number of anilines is 2. The zero-order chi connectivity index (χ0) is 18.4. The van der Waals surface area contributed by atoms with Gasteiger partial charge in [0, 0.05) is 17.5 Å². The molecule has 2 aromatic rings. The van der Waals surface area contributed by atoms with E-state index in [0.717, 1.165) is 24.3 Å². The van der Waals surface area contributed by atoms with Crippen molar-refractivity contribution < 1.29 is 14.3 Å². The zero-order valence-electron chi connectivity index (χ0n) is 15.2. The largest absolute Gasteiger partial charge is 0.497 e. The van der Waals surface area contributed by atoms with Gasteiger partial charge in [0.05, 0.1) is 19.9 Å². The maximum atomic E-state index is 12.5. The van der Waals surface area contributed by atoms with Gasteiger partial charge in [0.15, 0.2) is 5.13 Å². The molecule has 7 heteroatoms. The molecule has 1 aromatic carbocycles. The van der Waals surface area contributed by atoms with Crippen molar-refractivity contribution in [3.8, 4) is 11.5 Å². The van der Waals surface area contributed by atoms with E-state index in [1.807, 2.05) is 12.1 Å². The van der Waals surface area contributed by atoms with E-state index in [1.54, 1.807) is 25.7 Å². The van der Waals surface area contributed by atoms with E-state index >= 15 is 0 Å². The van der Waals surface area contributed by atoms with Crippen molar-refractivity contribution in [1.29, 1.82) is 0 Å². The van der Waals surface area contributed by atoms with Gasteiger partial charge in [0.25, 0.3) is 5.91 Å². The Morgan fingerprint density at radius 3 is 2.62 bits per heavy atom. The fraction of sp³-hybridized carbons (Fsp3) is 0.474. The Morgan fingerprint density at radius 2 is 1.92 bits per heavy atom. The van der Waals surface area contributed by atoms with E-state index in [9.17, 15) is 4.79 Å². The van der Waals surface area contributed by atoms with Gasteiger partial charge in [-0.05, 0) is 25.0 Å². The Hall–Kier alpha value is -2.28. The highest BCUT2D eigenvalue weighted by atomic mass is 32.1. The molecule has 1 aliphatic carbocycles. The normalized spacial score (nSPS) is 15.2. The summed E-state index contributed by atoms with van der Waals surface area (Å²) in [7, 11) is 3.22. The Kier molecular flexibility index (Phi) is 6.33. The van der Waals surface area contributed by atoms with E-state index in [0.29, 0.717) is 16.6 Å². The van der Waals surface area contributed by atoms with Crippen molar-refractivity contribution in [2.75, 3.05) is 19.5 Å². The molecular formula is C19H25N3O3S. The average Bonchev–Trinajstić information content (AvgIpc) is 2.98. The first-order valence-corrected chi connectivity index (χ1v) is 9.83. The van der Waals surface area contributed by atoms with Crippen molar-refractivity contribution in [2.24, 2.45) is 0 Å². The van der Waals surface area contributed by atoms with Crippen LogP contribution in [0.2, 0.25) is 0 Å². The summed E-state index contributed by atoms with van der Waals surface area (Å²) in [5.74, 6) is 1.28. The lowest BCUT2D eigenvalue weighted by Crippen LogP contribution is -2.34. The Balaban J connectivity index is 1.65. The fourth-order valence-electron chi connectivity index (χ4n) is 3.14. The van der Waals surface area contributed by atoms with E-state index in [4.69, 9.17) is 9.47 Å². The van der Waals surface area contributed by atoms with Gasteiger partial charge in [-0.25, -0.2) is 4.98 Å². The molecule has 1 heterocycles. The van der Waals surface area contributed by atoms with Crippen LogP contribution in [0.5, 0.6) is 11.5 Å². The second kappa shape index (κ2) is 8.89.